The molecule has 178 valence electrons. The van der Waals surface area contributed by atoms with Crippen LogP contribution in [-0.2, 0) is 19.5 Å². The summed E-state index contributed by atoms with van der Waals surface area (Å²) in [6.07, 6.45) is 9.92. The molecule has 7 heteroatoms. The number of rotatable bonds is 12. The number of hydrogen-bond donors (Lipinski definition) is 1. The molecule has 0 spiro atoms. The van der Waals surface area contributed by atoms with E-state index in [4.69, 9.17) is 0 Å². The maximum atomic E-state index is 13.2. The molecule has 4 rings (SSSR count). The largest absolute Gasteiger partial charge is 0.328 e. The van der Waals surface area contributed by atoms with Crippen LogP contribution in [0.1, 0.15) is 63.6 Å². The van der Waals surface area contributed by atoms with Crippen molar-refractivity contribution in [2.75, 3.05) is 0 Å². The van der Waals surface area contributed by atoms with Gasteiger partial charge in [0, 0.05) is 24.0 Å². The van der Waals surface area contributed by atoms with Gasteiger partial charge in [-0.2, -0.15) is 5.21 Å². The van der Waals surface area contributed by atoms with E-state index < -0.39 is 0 Å². The lowest BCUT2D eigenvalue weighted by molar-refractivity contribution is 0.590. The number of tetrazole rings is 1. The van der Waals surface area contributed by atoms with Crippen LogP contribution in [0, 0.1) is 0 Å². The molecule has 0 saturated heterocycles. The molecule has 2 aromatic carbocycles. The fraction of sp³-hybridized carbons (Fsp3) is 0.407. The molecule has 0 amide bonds. The van der Waals surface area contributed by atoms with Crippen LogP contribution in [-0.4, -0.2) is 29.8 Å². The summed E-state index contributed by atoms with van der Waals surface area (Å²) < 4.78 is 3.86. The third-order valence-corrected chi connectivity index (χ3v) is 6.29. The molecular formula is C27H34N6O. The fourth-order valence-electron chi connectivity index (χ4n) is 4.35. The lowest BCUT2D eigenvalue weighted by atomic mass is 9.98. The van der Waals surface area contributed by atoms with Crippen molar-refractivity contribution in [3.05, 3.63) is 76.5 Å². The second kappa shape index (κ2) is 11.6. The third-order valence-electron chi connectivity index (χ3n) is 6.29. The smallest absolute Gasteiger partial charge is 0.299 e. The van der Waals surface area contributed by atoms with E-state index in [1.165, 1.54) is 19.3 Å². The van der Waals surface area contributed by atoms with Crippen molar-refractivity contribution < 1.29 is 0 Å². The van der Waals surface area contributed by atoms with Gasteiger partial charge < -0.3 is 0 Å². The number of H-pyrrole nitrogens is 1. The Labute approximate surface area is 200 Å². The maximum Gasteiger partial charge on any atom is 0.328 e. The molecule has 7 nitrogen and oxygen atoms in total. The van der Waals surface area contributed by atoms with Crippen LogP contribution in [0.4, 0.5) is 0 Å². The van der Waals surface area contributed by atoms with E-state index in [-0.39, 0.29) is 5.69 Å². The van der Waals surface area contributed by atoms with E-state index in [1.807, 2.05) is 27.3 Å². The van der Waals surface area contributed by atoms with E-state index in [2.05, 4.69) is 71.0 Å². The Morgan fingerprint density at radius 3 is 2.35 bits per heavy atom. The first kappa shape index (κ1) is 23.7. The number of aromatic nitrogens is 6. The zero-order valence-corrected chi connectivity index (χ0v) is 20.2. The molecule has 4 aromatic rings. The SMILES string of the molecule is CCCCCCc1cn(CCCC)c(=O)n1Cc1ccc(-c2ccccc2-c2nn[nH]n2)cc1. The summed E-state index contributed by atoms with van der Waals surface area (Å²) in [5.41, 5.74) is 5.43. The highest BCUT2D eigenvalue weighted by Gasteiger charge is 2.13. The zero-order valence-electron chi connectivity index (χ0n) is 20.2. The van der Waals surface area contributed by atoms with E-state index in [0.29, 0.717) is 12.4 Å². The van der Waals surface area contributed by atoms with Gasteiger partial charge in [0.1, 0.15) is 0 Å². The molecule has 0 atom stereocenters. The molecule has 1 N–H and O–H groups in total. The first-order valence-electron chi connectivity index (χ1n) is 12.4. The minimum absolute atomic E-state index is 0.102. The Balaban J connectivity index is 1.56. The number of aryl methyl sites for hydroxylation is 2. The second-order valence-corrected chi connectivity index (χ2v) is 8.82. The van der Waals surface area contributed by atoms with Crippen molar-refractivity contribution in [1.29, 1.82) is 0 Å². The summed E-state index contributed by atoms with van der Waals surface area (Å²) >= 11 is 0. The van der Waals surface area contributed by atoms with E-state index in [1.54, 1.807) is 0 Å². The van der Waals surface area contributed by atoms with Gasteiger partial charge in [0.25, 0.3) is 0 Å². The highest BCUT2D eigenvalue weighted by molar-refractivity contribution is 5.80. The average Bonchev–Trinajstić information content (AvgIpc) is 3.50. The molecule has 0 aliphatic heterocycles. The molecule has 0 bridgehead atoms. The van der Waals surface area contributed by atoms with Crippen LogP contribution in [0.15, 0.2) is 59.5 Å². The molecule has 0 fully saturated rings. The predicted molar refractivity (Wildman–Crippen MR) is 136 cm³/mol. The molecule has 2 aromatic heterocycles. The second-order valence-electron chi connectivity index (χ2n) is 8.82. The number of unbranched alkanes of at least 4 members (excludes halogenated alkanes) is 4. The summed E-state index contributed by atoms with van der Waals surface area (Å²) in [7, 11) is 0. The molecule has 0 unspecified atom stereocenters. The van der Waals surface area contributed by atoms with Crippen molar-refractivity contribution in [1.82, 2.24) is 29.8 Å². The Bertz CT molecular complexity index is 1220. The molecule has 0 saturated carbocycles. The quantitative estimate of drug-likeness (QED) is 0.286. The lowest BCUT2D eigenvalue weighted by Gasteiger charge is -2.10. The number of nitrogens with zero attached hydrogens (tertiary/aromatic N) is 5. The van der Waals surface area contributed by atoms with Crippen molar-refractivity contribution in [2.24, 2.45) is 0 Å². The summed E-state index contributed by atoms with van der Waals surface area (Å²) in [6, 6.07) is 16.5. The van der Waals surface area contributed by atoms with E-state index in [0.717, 1.165) is 60.2 Å². The fourth-order valence-corrected chi connectivity index (χ4v) is 4.35. The highest BCUT2D eigenvalue weighted by atomic mass is 16.1. The van der Waals surface area contributed by atoms with Gasteiger partial charge in [-0.15, -0.1) is 10.2 Å². The Hall–Kier alpha value is -3.48. The van der Waals surface area contributed by atoms with Gasteiger partial charge in [0.15, 0.2) is 0 Å². The van der Waals surface area contributed by atoms with Crippen molar-refractivity contribution in [3.8, 4) is 22.5 Å². The van der Waals surface area contributed by atoms with E-state index >= 15 is 0 Å². The van der Waals surface area contributed by atoms with Gasteiger partial charge in [0.2, 0.25) is 5.82 Å². The Kier molecular flexibility index (Phi) is 8.07. The topological polar surface area (TPSA) is 81.4 Å². The number of nitrogens with one attached hydrogen (secondary N) is 1. The minimum Gasteiger partial charge on any atom is -0.299 e. The predicted octanol–water partition coefficient (Wildman–Crippen LogP) is 5.47. The number of hydrogen-bond acceptors (Lipinski definition) is 4. The van der Waals surface area contributed by atoms with Crippen LogP contribution < -0.4 is 5.69 Å². The lowest BCUT2D eigenvalue weighted by Crippen LogP contribution is -2.25. The number of benzene rings is 2. The van der Waals surface area contributed by atoms with E-state index in [9.17, 15) is 4.79 Å². The van der Waals surface area contributed by atoms with Gasteiger partial charge in [-0.3, -0.25) is 9.13 Å². The Morgan fingerprint density at radius 1 is 0.882 bits per heavy atom. The van der Waals surface area contributed by atoms with Crippen LogP contribution in [0.3, 0.4) is 0 Å². The van der Waals surface area contributed by atoms with Crippen LogP contribution in [0.25, 0.3) is 22.5 Å². The van der Waals surface area contributed by atoms with Gasteiger partial charge >= 0.3 is 5.69 Å². The first-order valence-corrected chi connectivity index (χ1v) is 12.4. The number of imidazole rings is 1. The summed E-state index contributed by atoms with van der Waals surface area (Å²) in [6.45, 7) is 5.76. The van der Waals surface area contributed by atoms with Crippen molar-refractivity contribution in [3.63, 3.8) is 0 Å². The molecule has 2 heterocycles. The summed E-state index contributed by atoms with van der Waals surface area (Å²) in [5.74, 6) is 0.576. The first-order chi connectivity index (χ1) is 16.7. The summed E-state index contributed by atoms with van der Waals surface area (Å²) in [5, 5.41) is 14.5. The standard InChI is InChI=1S/C27H34N6O/c1-3-5-7-8-11-23-20-32(18-6-4-2)27(34)33(23)19-21-14-16-22(17-15-21)24-12-9-10-13-25(24)26-28-30-31-29-26/h9-10,12-17,20H,3-8,11,18-19H2,1-2H3,(H,28,29,30,31). The molecule has 34 heavy (non-hydrogen) atoms. The average molecular weight is 459 g/mol. The summed E-state index contributed by atoms with van der Waals surface area (Å²) in [4.78, 5) is 13.2. The molecule has 0 aliphatic rings. The van der Waals surface area contributed by atoms with Crippen molar-refractivity contribution >= 4 is 0 Å². The number of aromatic amines is 1. The minimum atomic E-state index is 0.102. The van der Waals surface area contributed by atoms with Gasteiger partial charge in [-0.25, -0.2) is 4.79 Å². The van der Waals surface area contributed by atoms with Crippen molar-refractivity contribution in [2.45, 2.75) is 71.9 Å². The molecule has 0 radical (unpaired) electrons. The van der Waals surface area contributed by atoms with Crippen LogP contribution in [0.2, 0.25) is 0 Å². The van der Waals surface area contributed by atoms with Crippen LogP contribution in [0.5, 0.6) is 0 Å². The maximum absolute atomic E-state index is 13.2. The van der Waals surface area contributed by atoms with Gasteiger partial charge in [-0.05, 0) is 41.2 Å². The van der Waals surface area contributed by atoms with Crippen LogP contribution >= 0.6 is 0 Å². The Morgan fingerprint density at radius 2 is 1.65 bits per heavy atom. The van der Waals surface area contributed by atoms with Gasteiger partial charge in [-0.1, -0.05) is 88.1 Å². The monoisotopic (exact) mass is 458 g/mol. The third kappa shape index (κ3) is 5.53. The molecule has 0 aliphatic carbocycles. The van der Waals surface area contributed by atoms with Gasteiger partial charge in [0.05, 0.1) is 6.54 Å². The zero-order chi connectivity index (χ0) is 23.8. The highest BCUT2D eigenvalue weighted by Crippen LogP contribution is 2.29. The molecular weight excluding hydrogens is 424 g/mol. The normalized spacial score (nSPS) is 11.2.